The van der Waals surface area contributed by atoms with Crippen molar-refractivity contribution in [3.63, 3.8) is 0 Å². The number of aliphatic hydroxyl groups excluding tert-OH is 3. The molecule has 0 amide bonds. The van der Waals surface area contributed by atoms with E-state index in [-0.39, 0.29) is 18.6 Å². The summed E-state index contributed by atoms with van der Waals surface area (Å²) in [5.74, 6) is -1.07. The van der Waals surface area contributed by atoms with E-state index in [1.807, 2.05) is 0 Å². The number of carboxylic acids is 1. The van der Waals surface area contributed by atoms with Crippen LogP contribution in [-0.4, -0.2) is 62.2 Å². The van der Waals surface area contributed by atoms with E-state index in [2.05, 4.69) is 0 Å². The van der Waals surface area contributed by atoms with Gasteiger partial charge in [-0.1, -0.05) is 12.1 Å². The molecule has 4 atom stereocenters. The lowest BCUT2D eigenvalue weighted by Gasteiger charge is -2.43. The molecule has 0 unspecified atom stereocenters. The van der Waals surface area contributed by atoms with E-state index in [9.17, 15) is 25.2 Å². The van der Waals surface area contributed by atoms with Crippen LogP contribution in [0.25, 0.3) is 0 Å². The number of aromatic carboxylic acids is 1. The van der Waals surface area contributed by atoms with E-state index in [4.69, 9.17) is 9.84 Å². The Morgan fingerprint density at radius 1 is 1.25 bits per heavy atom. The molecule has 1 aromatic carbocycles. The number of hydrogen-bond donors (Lipinski definition) is 5. The van der Waals surface area contributed by atoms with Gasteiger partial charge in [-0.15, -0.1) is 0 Å². The zero-order valence-corrected chi connectivity index (χ0v) is 10.5. The van der Waals surface area contributed by atoms with Gasteiger partial charge >= 0.3 is 5.97 Å². The fraction of sp³-hybridized carbons (Fsp3) is 0.462. The van der Waals surface area contributed by atoms with Crippen molar-refractivity contribution in [3.05, 3.63) is 35.4 Å². The standard InChI is InChI=1S/C13H16O7/c14-9-6-20-12(18)10(15)13(9,19)5-7-1-3-8(4-2-7)11(16)17/h1-4,9-10,12,14-15,18-19H,5-6H2,(H,16,17)/t9-,10+,12+,13+/m1/s1. The second kappa shape index (κ2) is 5.47. The Labute approximate surface area is 114 Å². The van der Waals surface area contributed by atoms with Crippen molar-refractivity contribution >= 4 is 5.97 Å². The average molecular weight is 284 g/mol. The molecule has 5 N–H and O–H groups in total. The summed E-state index contributed by atoms with van der Waals surface area (Å²) >= 11 is 0. The van der Waals surface area contributed by atoms with Gasteiger partial charge in [0.2, 0.25) is 0 Å². The lowest BCUT2D eigenvalue weighted by Crippen LogP contribution is -2.64. The Balaban J connectivity index is 2.20. The fourth-order valence-corrected chi connectivity index (χ4v) is 2.18. The first-order valence-corrected chi connectivity index (χ1v) is 6.05. The topological polar surface area (TPSA) is 127 Å². The molecule has 0 spiro atoms. The summed E-state index contributed by atoms with van der Waals surface area (Å²) in [5, 5.41) is 48.1. The second-order valence-corrected chi connectivity index (χ2v) is 4.85. The number of rotatable bonds is 3. The van der Waals surface area contributed by atoms with E-state index in [1.165, 1.54) is 24.3 Å². The van der Waals surface area contributed by atoms with Gasteiger partial charge in [0, 0.05) is 6.42 Å². The number of hydrogen-bond acceptors (Lipinski definition) is 6. The van der Waals surface area contributed by atoms with Gasteiger partial charge in [-0.05, 0) is 17.7 Å². The summed E-state index contributed by atoms with van der Waals surface area (Å²) in [4.78, 5) is 10.7. The third kappa shape index (κ3) is 2.67. The molecule has 1 fully saturated rings. The first-order valence-electron chi connectivity index (χ1n) is 6.05. The average Bonchev–Trinajstić information content (AvgIpc) is 2.42. The van der Waals surface area contributed by atoms with E-state index in [0.717, 1.165) is 0 Å². The van der Waals surface area contributed by atoms with Crippen LogP contribution in [0.1, 0.15) is 15.9 Å². The summed E-state index contributed by atoms with van der Waals surface area (Å²) in [7, 11) is 0. The van der Waals surface area contributed by atoms with Crippen LogP contribution in [0.15, 0.2) is 24.3 Å². The Morgan fingerprint density at radius 3 is 2.40 bits per heavy atom. The van der Waals surface area contributed by atoms with Crippen molar-refractivity contribution in [3.8, 4) is 0 Å². The van der Waals surface area contributed by atoms with Crippen LogP contribution in [0.3, 0.4) is 0 Å². The summed E-state index contributed by atoms with van der Waals surface area (Å²) in [6.45, 7) is -0.304. The second-order valence-electron chi connectivity index (χ2n) is 4.85. The molecular formula is C13H16O7. The molecule has 0 aliphatic carbocycles. The highest BCUT2D eigenvalue weighted by Crippen LogP contribution is 2.28. The summed E-state index contributed by atoms with van der Waals surface area (Å²) < 4.78 is 4.70. The van der Waals surface area contributed by atoms with Crippen LogP contribution in [0.4, 0.5) is 0 Å². The molecule has 7 nitrogen and oxygen atoms in total. The molecule has 0 bridgehead atoms. The normalized spacial score (nSPS) is 33.9. The van der Waals surface area contributed by atoms with Crippen LogP contribution in [0.2, 0.25) is 0 Å². The SMILES string of the molecule is O=C(O)c1ccc(C[C@]2(O)[C@H](O)CO[C@H](O)[C@@H]2O)cc1. The molecule has 1 heterocycles. The van der Waals surface area contributed by atoms with Crippen LogP contribution in [0.5, 0.6) is 0 Å². The predicted octanol–water partition coefficient (Wildman–Crippen LogP) is -1.27. The minimum atomic E-state index is -1.96. The third-order valence-electron chi connectivity index (χ3n) is 3.47. The van der Waals surface area contributed by atoms with Crippen molar-refractivity contribution in [2.24, 2.45) is 0 Å². The van der Waals surface area contributed by atoms with Gasteiger partial charge < -0.3 is 30.3 Å². The molecule has 1 aliphatic rings. The van der Waals surface area contributed by atoms with Gasteiger partial charge in [0.05, 0.1) is 12.2 Å². The van der Waals surface area contributed by atoms with Crippen molar-refractivity contribution in [2.75, 3.05) is 6.61 Å². The monoisotopic (exact) mass is 284 g/mol. The lowest BCUT2D eigenvalue weighted by molar-refractivity contribution is -0.291. The zero-order chi connectivity index (χ0) is 14.9. The molecule has 1 aliphatic heterocycles. The maximum atomic E-state index is 10.7. The Bertz CT molecular complexity index is 486. The molecule has 2 rings (SSSR count). The largest absolute Gasteiger partial charge is 0.478 e. The summed E-state index contributed by atoms with van der Waals surface area (Å²) in [5.41, 5.74) is -1.35. The zero-order valence-electron chi connectivity index (χ0n) is 10.5. The van der Waals surface area contributed by atoms with Crippen molar-refractivity contribution in [2.45, 2.75) is 30.5 Å². The Kier molecular flexibility index (Phi) is 4.07. The van der Waals surface area contributed by atoms with E-state index >= 15 is 0 Å². The highest BCUT2D eigenvalue weighted by atomic mass is 16.6. The minimum absolute atomic E-state index is 0.0915. The lowest BCUT2D eigenvalue weighted by atomic mass is 9.82. The van der Waals surface area contributed by atoms with Gasteiger partial charge in [0.15, 0.2) is 6.29 Å². The smallest absolute Gasteiger partial charge is 0.335 e. The number of benzene rings is 1. The fourth-order valence-electron chi connectivity index (χ4n) is 2.18. The molecule has 110 valence electrons. The first-order chi connectivity index (χ1) is 9.34. The predicted molar refractivity (Wildman–Crippen MR) is 66.0 cm³/mol. The number of carboxylic acid groups (broad SMARTS) is 1. The van der Waals surface area contributed by atoms with Crippen molar-refractivity contribution in [1.82, 2.24) is 0 Å². The summed E-state index contributed by atoms with van der Waals surface area (Å²) in [6, 6.07) is 5.66. The van der Waals surface area contributed by atoms with Crippen molar-refractivity contribution in [1.29, 1.82) is 0 Å². The molecule has 0 radical (unpaired) electrons. The third-order valence-corrected chi connectivity index (χ3v) is 3.47. The van der Waals surface area contributed by atoms with E-state index < -0.39 is 30.1 Å². The maximum Gasteiger partial charge on any atom is 0.335 e. The van der Waals surface area contributed by atoms with Crippen LogP contribution >= 0.6 is 0 Å². The quantitative estimate of drug-likeness (QED) is 0.468. The molecule has 0 saturated carbocycles. The van der Waals surface area contributed by atoms with Gasteiger partial charge in [-0.25, -0.2) is 4.79 Å². The van der Waals surface area contributed by atoms with Crippen LogP contribution < -0.4 is 0 Å². The molecule has 1 aromatic rings. The maximum absolute atomic E-state index is 10.7. The van der Waals surface area contributed by atoms with E-state index in [1.54, 1.807) is 0 Å². The van der Waals surface area contributed by atoms with Gasteiger partial charge in [-0.3, -0.25) is 0 Å². The van der Waals surface area contributed by atoms with Gasteiger partial charge in [0.25, 0.3) is 0 Å². The molecule has 1 saturated heterocycles. The highest BCUT2D eigenvalue weighted by Gasteiger charge is 2.50. The van der Waals surface area contributed by atoms with Crippen LogP contribution in [0, 0.1) is 0 Å². The Morgan fingerprint density at radius 2 is 1.85 bits per heavy atom. The van der Waals surface area contributed by atoms with Crippen molar-refractivity contribution < 1.29 is 35.1 Å². The summed E-state index contributed by atoms with van der Waals surface area (Å²) in [6.07, 6.45) is -4.75. The molecular weight excluding hydrogens is 268 g/mol. The first kappa shape index (κ1) is 14.9. The highest BCUT2D eigenvalue weighted by molar-refractivity contribution is 5.87. The Hall–Kier alpha value is -1.51. The minimum Gasteiger partial charge on any atom is -0.478 e. The number of ether oxygens (including phenoxy) is 1. The number of carbonyl (C=O) groups is 1. The van der Waals surface area contributed by atoms with Gasteiger partial charge in [0.1, 0.15) is 17.8 Å². The number of aliphatic hydroxyl groups is 4. The molecule has 0 aromatic heterocycles. The van der Waals surface area contributed by atoms with Gasteiger partial charge in [-0.2, -0.15) is 0 Å². The van der Waals surface area contributed by atoms with Crippen LogP contribution in [-0.2, 0) is 11.2 Å². The molecule has 7 heteroatoms. The van der Waals surface area contributed by atoms with E-state index in [0.29, 0.717) is 5.56 Å². The molecule has 20 heavy (non-hydrogen) atoms.